The van der Waals surface area contributed by atoms with Gasteiger partial charge in [-0.05, 0) is 13.0 Å². The molecule has 0 aliphatic rings. The van der Waals surface area contributed by atoms with Crippen molar-refractivity contribution in [3.8, 4) is 0 Å². The summed E-state index contributed by atoms with van der Waals surface area (Å²) in [7, 11) is -6.26. The van der Waals surface area contributed by atoms with Gasteiger partial charge in [-0.1, -0.05) is 11.6 Å². The lowest BCUT2D eigenvalue weighted by Crippen LogP contribution is -2.29. The number of nitrogens with zero attached hydrogens (tertiary/aromatic N) is 5. The van der Waals surface area contributed by atoms with E-state index < -0.39 is 37.0 Å². The van der Waals surface area contributed by atoms with Gasteiger partial charge < -0.3 is 0 Å². The van der Waals surface area contributed by atoms with Crippen LogP contribution in [-0.2, 0) is 20.2 Å². The van der Waals surface area contributed by atoms with E-state index in [0.29, 0.717) is 20.5 Å². The minimum absolute atomic E-state index is 0.108. The summed E-state index contributed by atoms with van der Waals surface area (Å²) < 4.78 is 79.4. The van der Waals surface area contributed by atoms with Crippen LogP contribution in [0.2, 0.25) is 5.02 Å². The number of rotatable bonds is 4. The van der Waals surface area contributed by atoms with Gasteiger partial charge in [-0.3, -0.25) is 0 Å². The predicted molar refractivity (Wildman–Crippen MR) is 92.2 cm³/mol. The molecule has 3 rings (SSSR count). The zero-order valence-corrected chi connectivity index (χ0v) is 16.4. The lowest BCUT2D eigenvalue weighted by molar-refractivity contribution is 0.502. The number of halogens is 3. The smallest absolute Gasteiger partial charge is 0.234 e. The van der Waals surface area contributed by atoms with Crippen molar-refractivity contribution in [2.75, 3.05) is 14.1 Å². The van der Waals surface area contributed by atoms with Crippen molar-refractivity contribution in [3.05, 3.63) is 40.8 Å². The Hall–Kier alpha value is -2.09. The summed E-state index contributed by atoms with van der Waals surface area (Å²) in [6, 6.07) is 1.36. The average Bonchev–Trinajstić information content (AvgIpc) is 3.13. The maximum Gasteiger partial charge on any atom is 0.323 e. The number of aromatic nitrogens is 4. The van der Waals surface area contributed by atoms with Crippen LogP contribution in [0.15, 0.2) is 23.6 Å². The Bertz CT molecular complexity index is 1280. The Labute approximate surface area is 158 Å². The van der Waals surface area contributed by atoms with Crippen LogP contribution in [0, 0.1) is 18.6 Å². The van der Waals surface area contributed by atoms with Gasteiger partial charge in [-0.15, -0.1) is 9.19 Å². The first-order valence-corrected chi connectivity index (χ1v) is 10.4. The number of benzene rings is 1. The fourth-order valence-corrected chi connectivity index (χ4v) is 4.86. The molecule has 1 aromatic carbocycles. The van der Waals surface area contributed by atoms with Crippen LogP contribution < -0.4 is 0 Å². The zero-order valence-electron chi connectivity index (χ0n) is 14.1. The average molecular weight is 440 g/mol. The highest BCUT2D eigenvalue weighted by atomic mass is 35.5. The van der Waals surface area contributed by atoms with Gasteiger partial charge in [-0.2, -0.15) is 21.1 Å². The standard InChI is InChI=1S/C13H12ClF2N5O4S2/c1-7-12(14)11-9(16)4-8(15)5-10(11)21(7)26(22,23)13-17-6-20(18-13)27(24,25)19(2)3/h4-6H,1-3H3. The van der Waals surface area contributed by atoms with Crippen LogP contribution in [0.3, 0.4) is 0 Å². The molecular formula is C13H12ClF2N5O4S2. The molecule has 0 aliphatic heterocycles. The van der Waals surface area contributed by atoms with E-state index in [-0.39, 0.29) is 21.6 Å². The number of hydrogen-bond acceptors (Lipinski definition) is 6. The van der Waals surface area contributed by atoms with E-state index in [2.05, 4.69) is 10.1 Å². The maximum absolute atomic E-state index is 14.1. The highest BCUT2D eigenvalue weighted by molar-refractivity contribution is 7.90. The molecule has 146 valence electrons. The third kappa shape index (κ3) is 2.90. The first-order valence-electron chi connectivity index (χ1n) is 7.15. The van der Waals surface area contributed by atoms with E-state index in [9.17, 15) is 25.6 Å². The second-order valence-corrected chi connectivity index (χ2v) is 9.70. The molecule has 14 heteroatoms. The van der Waals surface area contributed by atoms with E-state index in [0.717, 1.165) is 10.4 Å². The number of fused-ring (bicyclic) bond motifs is 1. The van der Waals surface area contributed by atoms with Crippen LogP contribution in [0.5, 0.6) is 0 Å². The second-order valence-electron chi connectivity index (χ2n) is 5.64. The Kier molecular flexibility index (Phi) is 4.53. The molecule has 0 saturated carbocycles. The molecule has 2 aromatic heterocycles. The van der Waals surface area contributed by atoms with Crippen LogP contribution in [0.25, 0.3) is 10.9 Å². The van der Waals surface area contributed by atoms with Gasteiger partial charge in [-0.25, -0.2) is 17.7 Å². The summed E-state index contributed by atoms with van der Waals surface area (Å²) in [5.41, 5.74) is -0.468. The third-order valence-electron chi connectivity index (χ3n) is 3.71. The second kappa shape index (κ2) is 6.22. The van der Waals surface area contributed by atoms with Crippen molar-refractivity contribution in [3.63, 3.8) is 0 Å². The zero-order chi connectivity index (χ0) is 20.3. The quantitative estimate of drug-likeness (QED) is 0.607. The number of hydrogen-bond donors (Lipinski definition) is 0. The SMILES string of the molecule is Cc1c(Cl)c2c(F)cc(F)cc2n1S(=O)(=O)c1ncn(S(=O)(=O)N(C)C)n1. The van der Waals surface area contributed by atoms with E-state index in [1.807, 2.05) is 0 Å². The summed E-state index contributed by atoms with van der Waals surface area (Å²) >= 11 is 6.02. The fourth-order valence-electron chi connectivity index (χ4n) is 2.41. The molecule has 0 bridgehead atoms. The van der Waals surface area contributed by atoms with Gasteiger partial charge in [0.1, 0.15) is 18.0 Å². The normalized spacial score (nSPS) is 13.0. The lowest BCUT2D eigenvalue weighted by atomic mass is 10.2. The molecule has 3 aromatic rings. The van der Waals surface area contributed by atoms with Crippen molar-refractivity contribution in [1.29, 1.82) is 0 Å². The molecule has 2 heterocycles. The molecule has 0 aliphatic carbocycles. The highest BCUT2D eigenvalue weighted by Gasteiger charge is 2.31. The van der Waals surface area contributed by atoms with Gasteiger partial charge in [0.15, 0.2) is 0 Å². The molecule has 0 N–H and O–H groups in total. The Morgan fingerprint density at radius 2 is 1.78 bits per heavy atom. The molecule has 0 fully saturated rings. The Morgan fingerprint density at radius 1 is 1.15 bits per heavy atom. The molecule has 9 nitrogen and oxygen atoms in total. The van der Waals surface area contributed by atoms with Gasteiger partial charge in [0.2, 0.25) is 0 Å². The van der Waals surface area contributed by atoms with Crippen molar-refractivity contribution in [1.82, 2.24) is 22.4 Å². The van der Waals surface area contributed by atoms with Crippen LogP contribution in [0.1, 0.15) is 5.69 Å². The van der Waals surface area contributed by atoms with Crippen LogP contribution >= 0.6 is 11.6 Å². The van der Waals surface area contributed by atoms with E-state index in [1.165, 1.54) is 21.0 Å². The molecule has 0 radical (unpaired) electrons. The third-order valence-corrected chi connectivity index (χ3v) is 7.35. The first kappa shape index (κ1) is 19.7. The predicted octanol–water partition coefficient (Wildman–Crippen LogP) is 1.36. The lowest BCUT2D eigenvalue weighted by Gasteiger charge is -2.09. The molecular weight excluding hydrogens is 428 g/mol. The summed E-state index contributed by atoms with van der Waals surface area (Å²) in [5, 5.41) is 2.09. The summed E-state index contributed by atoms with van der Waals surface area (Å²) in [4.78, 5) is 3.52. The highest BCUT2D eigenvalue weighted by Crippen LogP contribution is 2.35. The Morgan fingerprint density at radius 3 is 2.37 bits per heavy atom. The Balaban J connectivity index is 2.29. The topological polar surface area (TPSA) is 107 Å². The van der Waals surface area contributed by atoms with Gasteiger partial charge in [0.25, 0.3) is 5.16 Å². The van der Waals surface area contributed by atoms with Crippen molar-refractivity contribution < 1.29 is 25.6 Å². The molecule has 0 atom stereocenters. The van der Waals surface area contributed by atoms with Crippen molar-refractivity contribution in [2.24, 2.45) is 0 Å². The summed E-state index contributed by atoms with van der Waals surface area (Å²) in [6.07, 6.45) is 0.700. The molecule has 0 saturated heterocycles. The summed E-state index contributed by atoms with van der Waals surface area (Å²) in [5.74, 6) is -2.06. The van der Waals surface area contributed by atoms with Crippen molar-refractivity contribution >= 4 is 42.7 Å². The molecule has 0 amide bonds. The van der Waals surface area contributed by atoms with E-state index in [4.69, 9.17) is 11.6 Å². The van der Waals surface area contributed by atoms with Gasteiger partial charge in [0, 0.05) is 20.2 Å². The maximum atomic E-state index is 14.1. The molecule has 0 unspecified atom stereocenters. The largest absolute Gasteiger partial charge is 0.323 e. The van der Waals surface area contributed by atoms with Crippen LogP contribution in [0.4, 0.5) is 8.78 Å². The molecule has 27 heavy (non-hydrogen) atoms. The fraction of sp³-hybridized carbons (Fsp3) is 0.231. The minimum atomic E-state index is -4.60. The van der Waals surface area contributed by atoms with Gasteiger partial charge in [0.05, 0.1) is 21.6 Å². The van der Waals surface area contributed by atoms with Crippen LogP contribution in [-0.4, -0.2) is 53.4 Å². The minimum Gasteiger partial charge on any atom is -0.234 e. The van der Waals surface area contributed by atoms with Gasteiger partial charge >= 0.3 is 20.2 Å². The summed E-state index contributed by atoms with van der Waals surface area (Å²) in [6.45, 7) is 1.28. The molecule has 0 spiro atoms. The van der Waals surface area contributed by atoms with E-state index >= 15 is 0 Å². The first-order chi connectivity index (χ1) is 12.4. The van der Waals surface area contributed by atoms with E-state index in [1.54, 1.807) is 0 Å². The monoisotopic (exact) mass is 439 g/mol. The van der Waals surface area contributed by atoms with Crippen molar-refractivity contribution in [2.45, 2.75) is 12.1 Å².